The van der Waals surface area contributed by atoms with Crippen molar-refractivity contribution in [1.29, 1.82) is 0 Å². The average Bonchev–Trinajstić information content (AvgIpc) is 3.37. The van der Waals surface area contributed by atoms with Crippen LogP contribution in [0.1, 0.15) is 38.8 Å². The standard InChI is InChI=1S/C42H35N/c1-41(2)37-19-10-8-17-33(37)35-26-36-34-18-9-11-20-39(34)43(40(36)27-38(35)42(41,3)4)32-23-21-29(22-24-32)31-16-12-15-30(25-31)28-13-6-5-7-14-28/h5-27H,1-4H3. The van der Waals surface area contributed by atoms with Crippen LogP contribution in [0, 0.1) is 0 Å². The van der Waals surface area contributed by atoms with Gasteiger partial charge >= 0.3 is 0 Å². The highest BCUT2D eigenvalue weighted by atomic mass is 15.0. The van der Waals surface area contributed by atoms with Crippen LogP contribution in [-0.4, -0.2) is 4.57 Å². The summed E-state index contributed by atoms with van der Waals surface area (Å²) >= 11 is 0. The van der Waals surface area contributed by atoms with E-state index in [0.717, 1.165) is 0 Å². The first kappa shape index (κ1) is 25.8. The topological polar surface area (TPSA) is 4.93 Å². The second-order valence-electron chi connectivity index (χ2n) is 13.1. The summed E-state index contributed by atoms with van der Waals surface area (Å²) in [4.78, 5) is 0. The molecule has 1 nitrogen and oxygen atoms in total. The van der Waals surface area contributed by atoms with Crippen molar-refractivity contribution in [2.45, 2.75) is 38.5 Å². The fourth-order valence-electron chi connectivity index (χ4n) is 7.28. The van der Waals surface area contributed by atoms with Gasteiger partial charge in [-0.2, -0.15) is 0 Å². The maximum absolute atomic E-state index is 2.49. The summed E-state index contributed by atoms with van der Waals surface area (Å²) in [5.41, 5.74) is 14.2. The molecule has 8 rings (SSSR count). The number of fused-ring (bicyclic) bond motifs is 6. The Morgan fingerprint density at radius 2 is 1.00 bits per heavy atom. The smallest absolute Gasteiger partial charge is 0.0544 e. The number of benzene rings is 6. The molecular formula is C42H35N. The Labute approximate surface area is 254 Å². The van der Waals surface area contributed by atoms with Crippen LogP contribution in [0.4, 0.5) is 0 Å². The highest BCUT2D eigenvalue weighted by Crippen LogP contribution is 2.55. The quantitative estimate of drug-likeness (QED) is 0.205. The van der Waals surface area contributed by atoms with Crippen LogP contribution in [0.2, 0.25) is 0 Å². The van der Waals surface area contributed by atoms with E-state index in [0.29, 0.717) is 0 Å². The minimum atomic E-state index is -0.0419. The molecule has 1 aliphatic rings. The predicted molar refractivity (Wildman–Crippen MR) is 183 cm³/mol. The van der Waals surface area contributed by atoms with E-state index < -0.39 is 0 Å². The van der Waals surface area contributed by atoms with Crippen molar-refractivity contribution >= 4 is 21.8 Å². The average molecular weight is 554 g/mol. The summed E-state index contributed by atoms with van der Waals surface area (Å²) in [6, 6.07) is 51.3. The summed E-state index contributed by atoms with van der Waals surface area (Å²) in [5.74, 6) is 0. The normalized spacial score (nSPS) is 14.9. The second-order valence-corrected chi connectivity index (χ2v) is 13.1. The van der Waals surface area contributed by atoms with Gasteiger partial charge in [0.05, 0.1) is 11.0 Å². The third-order valence-electron chi connectivity index (χ3n) is 10.4. The molecule has 208 valence electrons. The first-order valence-corrected chi connectivity index (χ1v) is 15.3. The van der Waals surface area contributed by atoms with Crippen LogP contribution >= 0.6 is 0 Å². The van der Waals surface area contributed by atoms with Gasteiger partial charge < -0.3 is 4.57 Å². The lowest BCUT2D eigenvalue weighted by Gasteiger charge is -2.48. The molecule has 0 bridgehead atoms. The molecule has 6 aromatic carbocycles. The molecule has 0 aliphatic heterocycles. The molecule has 0 atom stereocenters. The fourth-order valence-corrected chi connectivity index (χ4v) is 7.28. The molecule has 43 heavy (non-hydrogen) atoms. The molecule has 0 spiro atoms. The number of aromatic nitrogens is 1. The van der Waals surface area contributed by atoms with E-state index >= 15 is 0 Å². The fraction of sp³-hybridized carbons (Fsp3) is 0.143. The van der Waals surface area contributed by atoms with Crippen LogP contribution in [0.3, 0.4) is 0 Å². The molecule has 1 aromatic heterocycles. The summed E-state index contributed by atoms with van der Waals surface area (Å²) in [7, 11) is 0. The zero-order valence-corrected chi connectivity index (χ0v) is 25.2. The lowest BCUT2D eigenvalue weighted by Crippen LogP contribution is -2.43. The SMILES string of the molecule is CC1(C)c2ccccc2-c2cc3c4ccccc4n(-c4ccc(-c5cccc(-c6ccccc6)c5)cc4)c3cc2C1(C)C. The Balaban J connectivity index is 1.31. The van der Waals surface area contributed by atoms with Gasteiger partial charge in [0.15, 0.2) is 0 Å². The third kappa shape index (κ3) is 3.78. The van der Waals surface area contributed by atoms with Gasteiger partial charge in [-0.1, -0.05) is 131 Å². The maximum atomic E-state index is 2.49. The van der Waals surface area contributed by atoms with E-state index in [1.165, 1.54) is 72.0 Å². The van der Waals surface area contributed by atoms with Gasteiger partial charge in [0.2, 0.25) is 0 Å². The van der Waals surface area contributed by atoms with Gasteiger partial charge in [0.1, 0.15) is 0 Å². The summed E-state index contributed by atoms with van der Waals surface area (Å²) in [5, 5.41) is 2.60. The Morgan fingerprint density at radius 3 is 1.77 bits per heavy atom. The van der Waals surface area contributed by atoms with Crippen molar-refractivity contribution in [3.05, 3.63) is 151 Å². The zero-order chi connectivity index (χ0) is 29.3. The van der Waals surface area contributed by atoms with Gasteiger partial charge in [-0.15, -0.1) is 0 Å². The van der Waals surface area contributed by atoms with Gasteiger partial charge in [0, 0.05) is 16.5 Å². The first-order chi connectivity index (χ1) is 20.8. The number of rotatable bonds is 3. The van der Waals surface area contributed by atoms with Crippen LogP contribution in [0.15, 0.2) is 140 Å². The van der Waals surface area contributed by atoms with E-state index in [4.69, 9.17) is 0 Å². The molecule has 0 radical (unpaired) electrons. The maximum Gasteiger partial charge on any atom is 0.0544 e. The molecule has 0 unspecified atom stereocenters. The molecule has 1 heterocycles. The Kier molecular flexibility index (Phi) is 5.59. The van der Waals surface area contributed by atoms with Crippen molar-refractivity contribution in [3.63, 3.8) is 0 Å². The Bertz CT molecular complexity index is 2160. The van der Waals surface area contributed by atoms with E-state index in [-0.39, 0.29) is 10.8 Å². The molecule has 0 saturated heterocycles. The van der Waals surface area contributed by atoms with Crippen LogP contribution in [0.5, 0.6) is 0 Å². The van der Waals surface area contributed by atoms with E-state index in [9.17, 15) is 0 Å². The molecule has 7 aromatic rings. The molecule has 1 heteroatoms. The molecule has 0 N–H and O–H groups in total. The van der Waals surface area contributed by atoms with E-state index in [1.807, 2.05) is 0 Å². The van der Waals surface area contributed by atoms with Gasteiger partial charge in [-0.05, 0) is 91.7 Å². The van der Waals surface area contributed by atoms with Gasteiger partial charge in [0.25, 0.3) is 0 Å². The predicted octanol–water partition coefficient (Wildman–Crippen LogP) is 11.4. The monoisotopic (exact) mass is 553 g/mol. The van der Waals surface area contributed by atoms with Crippen molar-refractivity contribution < 1.29 is 0 Å². The van der Waals surface area contributed by atoms with E-state index in [1.54, 1.807) is 0 Å². The largest absolute Gasteiger partial charge is 0.309 e. The molecule has 0 amide bonds. The number of para-hydroxylation sites is 1. The number of nitrogens with zero attached hydrogens (tertiary/aromatic N) is 1. The van der Waals surface area contributed by atoms with Crippen LogP contribution in [-0.2, 0) is 10.8 Å². The molecule has 0 saturated carbocycles. The van der Waals surface area contributed by atoms with Crippen LogP contribution < -0.4 is 0 Å². The molecular weight excluding hydrogens is 518 g/mol. The number of hydrogen-bond donors (Lipinski definition) is 0. The van der Waals surface area contributed by atoms with E-state index in [2.05, 4.69) is 172 Å². The highest BCUT2D eigenvalue weighted by molar-refractivity contribution is 6.11. The second kappa shape index (κ2) is 9.31. The summed E-state index contributed by atoms with van der Waals surface area (Å²) in [6.07, 6.45) is 0. The lowest BCUT2D eigenvalue weighted by atomic mass is 9.55. The zero-order valence-electron chi connectivity index (χ0n) is 25.2. The summed E-state index contributed by atoms with van der Waals surface area (Å²) in [6.45, 7) is 9.64. The third-order valence-corrected chi connectivity index (χ3v) is 10.4. The summed E-state index contributed by atoms with van der Waals surface area (Å²) < 4.78 is 2.46. The van der Waals surface area contributed by atoms with Crippen molar-refractivity contribution in [1.82, 2.24) is 4.57 Å². The van der Waals surface area contributed by atoms with Crippen molar-refractivity contribution in [2.75, 3.05) is 0 Å². The first-order valence-electron chi connectivity index (χ1n) is 15.3. The molecule has 0 fully saturated rings. The number of hydrogen-bond acceptors (Lipinski definition) is 0. The Morgan fingerprint density at radius 1 is 0.395 bits per heavy atom. The van der Waals surface area contributed by atoms with Gasteiger partial charge in [-0.3, -0.25) is 0 Å². The van der Waals surface area contributed by atoms with Crippen molar-refractivity contribution in [3.8, 4) is 39.1 Å². The Hall–Kier alpha value is -4.88. The van der Waals surface area contributed by atoms with Crippen molar-refractivity contribution in [2.24, 2.45) is 0 Å². The lowest BCUT2D eigenvalue weighted by molar-refractivity contribution is 0.299. The molecule has 1 aliphatic carbocycles. The highest BCUT2D eigenvalue weighted by Gasteiger charge is 2.46. The minimum absolute atomic E-state index is 0.00293. The van der Waals surface area contributed by atoms with Crippen LogP contribution in [0.25, 0.3) is 60.9 Å². The minimum Gasteiger partial charge on any atom is -0.309 e. The van der Waals surface area contributed by atoms with Gasteiger partial charge in [-0.25, -0.2) is 0 Å².